The lowest BCUT2D eigenvalue weighted by molar-refractivity contribution is -0.152. The Morgan fingerprint density at radius 1 is 0.746 bits per heavy atom. The molecule has 0 radical (unpaired) electrons. The number of amides is 2. The smallest absolute Gasteiger partial charge is 0.335 e. The number of fused-ring (bicyclic) bond motifs is 2. The van der Waals surface area contributed by atoms with Gasteiger partial charge in [0.15, 0.2) is 12.2 Å². The molecule has 12 nitrogen and oxygen atoms in total. The van der Waals surface area contributed by atoms with E-state index in [0.29, 0.717) is 75.5 Å². The number of benzene rings is 5. The summed E-state index contributed by atoms with van der Waals surface area (Å²) in [5, 5.41) is 14.0. The Kier molecular flexibility index (Phi) is 15.3. The first kappa shape index (κ1) is 47.8. The number of carbonyl (C=O) groups excluding carboxylic acids is 3. The Balaban J connectivity index is 0.000000199. The third kappa shape index (κ3) is 11.6. The van der Waals surface area contributed by atoms with Crippen molar-refractivity contribution in [3.05, 3.63) is 149 Å². The van der Waals surface area contributed by atoms with Crippen LogP contribution in [0.3, 0.4) is 0 Å². The van der Waals surface area contributed by atoms with Crippen molar-refractivity contribution in [2.75, 3.05) is 25.0 Å². The zero-order valence-electron chi connectivity index (χ0n) is 36.5. The van der Waals surface area contributed by atoms with Crippen LogP contribution in [-0.4, -0.2) is 75.6 Å². The summed E-state index contributed by atoms with van der Waals surface area (Å²) >= 11 is 12.5. The molecule has 8 rings (SSSR count). The molecule has 0 aliphatic carbocycles. The molecule has 7 aromatic rings. The van der Waals surface area contributed by atoms with Crippen molar-refractivity contribution in [1.29, 1.82) is 0 Å². The van der Waals surface area contributed by atoms with Gasteiger partial charge in [-0.15, -0.1) is 0 Å². The van der Waals surface area contributed by atoms with Gasteiger partial charge in [-0.2, -0.15) is 0 Å². The van der Waals surface area contributed by atoms with Crippen molar-refractivity contribution < 1.29 is 47.3 Å². The second-order valence-electron chi connectivity index (χ2n) is 15.6. The number of hydrogen-bond acceptors (Lipinski definition) is 9. The molecule has 1 fully saturated rings. The van der Waals surface area contributed by atoms with Gasteiger partial charge in [-0.05, 0) is 136 Å². The number of aromatic nitrogens is 2. The van der Waals surface area contributed by atoms with E-state index in [1.165, 1.54) is 36.4 Å². The minimum absolute atomic E-state index is 0.0686. The molecule has 67 heavy (non-hydrogen) atoms. The van der Waals surface area contributed by atoms with E-state index in [1.807, 2.05) is 12.1 Å². The number of anilines is 1. The largest absolute Gasteiger partial charge is 0.481 e. The average molecular weight is 950 g/mol. The normalized spacial score (nSPS) is 14.3. The molecule has 1 aliphatic rings. The lowest BCUT2D eigenvalue weighted by atomic mass is 9.98. The van der Waals surface area contributed by atoms with Gasteiger partial charge in [-0.25, -0.2) is 13.6 Å². The monoisotopic (exact) mass is 948 g/mol. The first-order chi connectivity index (χ1) is 32.2. The van der Waals surface area contributed by atoms with E-state index in [4.69, 9.17) is 42.5 Å². The van der Waals surface area contributed by atoms with Crippen molar-refractivity contribution in [1.82, 2.24) is 14.9 Å². The number of nitrogens with one attached hydrogen (secondary N) is 1. The number of carboxylic acids is 1. The highest BCUT2D eigenvalue weighted by atomic mass is 35.5. The van der Waals surface area contributed by atoms with Gasteiger partial charge < -0.3 is 29.5 Å². The summed E-state index contributed by atoms with van der Waals surface area (Å²) < 4.78 is 43.8. The molecule has 1 saturated heterocycles. The Bertz CT molecular complexity index is 2990. The fourth-order valence-electron chi connectivity index (χ4n) is 7.66. The first-order valence-electron chi connectivity index (χ1n) is 21.3. The van der Waals surface area contributed by atoms with E-state index in [1.54, 1.807) is 98.7 Å². The summed E-state index contributed by atoms with van der Waals surface area (Å²) in [6.07, 6.45) is 3.15. The van der Waals surface area contributed by atoms with Crippen LogP contribution in [0.15, 0.2) is 122 Å². The molecule has 0 spiro atoms. The summed E-state index contributed by atoms with van der Waals surface area (Å²) in [6, 6.07) is 28.7. The highest BCUT2D eigenvalue weighted by Crippen LogP contribution is 2.36. The van der Waals surface area contributed by atoms with E-state index in [2.05, 4.69) is 15.3 Å². The Labute approximate surface area is 394 Å². The van der Waals surface area contributed by atoms with Gasteiger partial charge in [0.2, 0.25) is 0 Å². The maximum absolute atomic E-state index is 13.5. The van der Waals surface area contributed by atoms with Crippen LogP contribution >= 0.6 is 23.2 Å². The molecule has 2 N–H and O–H groups in total. The van der Waals surface area contributed by atoms with E-state index in [9.17, 15) is 28.0 Å². The standard InChI is InChI=1S/C26H26ClFN2O4.C25H18ClFN2O4/c1-3-33-26(32)17-5-4-12-30(15-17)25(31)16(2)34-19-7-9-22-20(10-11-29-24(22)14-19)21-8-6-18(28)13-23(21)27;1-14(24(30)29-17-4-2-3-15(11-17)25(31)32)33-18-6-8-21-19(9-10-28-23(21)13-18)20-7-5-16(27)12-22(20)26/h6-11,13-14,16-17H,3-5,12,15H2,1-2H3;2-14H,1H3,(H,29,30)(H,31,32)/t16-,17+;14-/m11/s1. The molecule has 1 aliphatic heterocycles. The summed E-state index contributed by atoms with van der Waals surface area (Å²) in [5.41, 5.74) is 4.70. The number of aromatic carboxylic acids is 1. The molecule has 5 aromatic carbocycles. The number of pyridine rings is 2. The second-order valence-corrected chi connectivity index (χ2v) is 16.4. The van der Waals surface area contributed by atoms with E-state index in [0.717, 1.165) is 28.3 Å². The van der Waals surface area contributed by atoms with E-state index >= 15 is 0 Å². The summed E-state index contributed by atoms with van der Waals surface area (Å²) in [5.74, 6) is -2.13. The molecule has 0 saturated carbocycles. The van der Waals surface area contributed by atoms with Crippen LogP contribution < -0.4 is 14.8 Å². The zero-order valence-corrected chi connectivity index (χ0v) is 38.0. The van der Waals surface area contributed by atoms with Crippen LogP contribution in [-0.2, 0) is 19.1 Å². The number of carboxylic acid groups (broad SMARTS) is 1. The number of nitrogens with zero attached hydrogens (tertiary/aromatic N) is 3. The molecule has 3 atom stereocenters. The zero-order chi connectivity index (χ0) is 47.8. The quantitative estimate of drug-likeness (QED) is 0.113. The molecule has 2 amide bonds. The summed E-state index contributed by atoms with van der Waals surface area (Å²) in [6.45, 7) is 6.31. The molecular formula is C51H44Cl2F2N4O8. The number of esters is 1. The van der Waals surface area contributed by atoms with Gasteiger partial charge in [-0.1, -0.05) is 29.3 Å². The minimum atomic E-state index is -1.08. The van der Waals surface area contributed by atoms with Gasteiger partial charge in [0.1, 0.15) is 23.1 Å². The summed E-state index contributed by atoms with van der Waals surface area (Å²) in [4.78, 5) is 59.2. The van der Waals surface area contributed by atoms with E-state index < -0.39 is 35.7 Å². The van der Waals surface area contributed by atoms with Crippen LogP contribution in [0.4, 0.5) is 14.5 Å². The second kappa shape index (κ2) is 21.4. The molecule has 2 aromatic heterocycles. The molecule has 0 unspecified atom stereocenters. The minimum Gasteiger partial charge on any atom is -0.481 e. The van der Waals surface area contributed by atoms with Gasteiger partial charge in [-0.3, -0.25) is 24.4 Å². The average Bonchev–Trinajstić information content (AvgIpc) is 3.31. The van der Waals surface area contributed by atoms with Crippen molar-refractivity contribution in [3.8, 4) is 33.8 Å². The van der Waals surface area contributed by atoms with Crippen molar-refractivity contribution in [3.63, 3.8) is 0 Å². The SMILES string of the molecule is CCOC(=O)[C@H]1CCCN(C(=O)[C@@H](C)Oc2ccc3c(-c4ccc(F)cc4Cl)ccnc3c2)C1.C[C@@H](Oc1ccc2c(-c3ccc(F)cc3Cl)ccnc2c1)C(=O)Nc1cccc(C(=O)O)c1. The Morgan fingerprint density at radius 3 is 1.85 bits per heavy atom. The number of rotatable bonds is 12. The number of ether oxygens (including phenoxy) is 3. The number of carbonyl (C=O) groups is 4. The topological polar surface area (TPSA) is 157 Å². The predicted molar refractivity (Wildman–Crippen MR) is 252 cm³/mol. The van der Waals surface area contributed by atoms with Crippen LogP contribution in [0, 0.1) is 17.6 Å². The van der Waals surface area contributed by atoms with Gasteiger partial charge in [0.05, 0.1) is 39.2 Å². The molecule has 3 heterocycles. The highest BCUT2D eigenvalue weighted by molar-refractivity contribution is 6.34. The number of hydrogen-bond donors (Lipinski definition) is 2. The van der Waals surface area contributed by atoms with E-state index in [-0.39, 0.29) is 23.4 Å². The molecule has 0 bridgehead atoms. The van der Waals surface area contributed by atoms with Crippen molar-refractivity contribution in [2.45, 2.75) is 45.8 Å². The maximum atomic E-state index is 13.5. The van der Waals surface area contributed by atoms with Crippen molar-refractivity contribution in [2.24, 2.45) is 5.92 Å². The lowest BCUT2D eigenvalue weighted by Gasteiger charge is -2.33. The molecule has 16 heteroatoms. The first-order valence-corrected chi connectivity index (χ1v) is 22.1. The third-order valence-electron chi connectivity index (χ3n) is 10.9. The number of halogens is 4. The van der Waals surface area contributed by atoms with Gasteiger partial charge in [0, 0.05) is 65.2 Å². The fraction of sp³-hybridized carbons (Fsp3) is 0.216. The fourth-order valence-corrected chi connectivity index (χ4v) is 8.20. The van der Waals surface area contributed by atoms with Crippen molar-refractivity contribution >= 4 is 74.4 Å². The Hall–Kier alpha value is -7.16. The van der Waals surface area contributed by atoms with Crippen LogP contribution in [0.5, 0.6) is 11.5 Å². The Morgan fingerprint density at radius 2 is 1.31 bits per heavy atom. The molecule has 344 valence electrons. The highest BCUT2D eigenvalue weighted by Gasteiger charge is 2.32. The third-order valence-corrected chi connectivity index (χ3v) is 11.6. The number of piperidine rings is 1. The maximum Gasteiger partial charge on any atom is 0.335 e. The van der Waals surface area contributed by atoms with Gasteiger partial charge >= 0.3 is 11.9 Å². The van der Waals surface area contributed by atoms with Crippen LogP contribution in [0.1, 0.15) is 44.0 Å². The summed E-state index contributed by atoms with van der Waals surface area (Å²) in [7, 11) is 0. The number of likely N-dealkylation sites (tertiary alicyclic amines) is 1. The predicted octanol–water partition coefficient (Wildman–Crippen LogP) is 11.1. The lowest BCUT2D eigenvalue weighted by Crippen LogP contribution is -2.47. The van der Waals surface area contributed by atoms with Crippen LogP contribution in [0.25, 0.3) is 44.1 Å². The van der Waals surface area contributed by atoms with Crippen LogP contribution in [0.2, 0.25) is 10.0 Å². The van der Waals surface area contributed by atoms with Gasteiger partial charge in [0.25, 0.3) is 11.8 Å². The molecular weight excluding hydrogens is 905 g/mol.